The summed E-state index contributed by atoms with van der Waals surface area (Å²) in [5.74, 6) is 0.716. The average Bonchev–Trinajstić information content (AvgIpc) is 3.32. The van der Waals surface area contributed by atoms with Gasteiger partial charge < -0.3 is 15.1 Å². The quantitative estimate of drug-likeness (QED) is 0.400. The van der Waals surface area contributed by atoms with Crippen LogP contribution >= 0.6 is 23.2 Å². The number of piperazine rings is 1. The smallest absolute Gasteiger partial charge is 0.269 e. The largest absolute Gasteiger partial charge is 0.368 e. The fraction of sp³-hybridized carbons (Fsp3) is 0.250. The van der Waals surface area contributed by atoms with Gasteiger partial charge in [-0.2, -0.15) is 5.10 Å². The number of anilines is 2. The molecule has 2 aromatic carbocycles. The Morgan fingerprint density at radius 3 is 2.43 bits per heavy atom. The molecule has 1 unspecified atom stereocenters. The predicted octanol–water partition coefficient (Wildman–Crippen LogP) is 4.74. The molecule has 1 atom stereocenters. The summed E-state index contributed by atoms with van der Waals surface area (Å²) in [7, 11) is 0. The van der Waals surface area contributed by atoms with Crippen LogP contribution in [0.2, 0.25) is 10.0 Å². The van der Waals surface area contributed by atoms with Gasteiger partial charge >= 0.3 is 0 Å². The maximum absolute atomic E-state index is 13.8. The molecule has 0 aliphatic carbocycles. The highest BCUT2D eigenvalue weighted by Crippen LogP contribution is 2.38. The topological polar surface area (TPSA) is 96.5 Å². The number of benzene rings is 2. The zero-order chi connectivity index (χ0) is 24.7. The molecule has 0 radical (unpaired) electrons. The van der Waals surface area contributed by atoms with Gasteiger partial charge in [0.15, 0.2) is 0 Å². The number of hydrogen-bond acceptors (Lipinski definition) is 6. The number of nitrogens with zero attached hydrogens (tertiary/aromatic N) is 5. The number of nitro groups is 1. The molecule has 180 valence electrons. The molecule has 3 aromatic rings. The summed E-state index contributed by atoms with van der Waals surface area (Å²) in [6, 6.07) is 13.3. The van der Waals surface area contributed by atoms with Crippen LogP contribution in [0.1, 0.15) is 18.5 Å². The zero-order valence-electron chi connectivity index (χ0n) is 18.8. The number of fused-ring (bicyclic) bond motifs is 1. The first kappa shape index (κ1) is 23.2. The number of nitrogens with one attached hydrogen (secondary N) is 1. The SMILES string of the molecule is CC1=C(C(=O)N2CCN(c3ccc([N+](=O)[O-])cc3)CC2)C(c2ccc(Cl)c(Cl)c2)n2nccc2N1. The second-order valence-corrected chi connectivity index (χ2v) is 9.27. The first-order valence-corrected chi connectivity index (χ1v) is 11.8. The number of allylic oxidation sites excluding steroid dienone is 1. The molecule has 2 aliphatic rings. The number of hydrogen-bond donors (Lipinski definition) is 1. The van der Waals surface area contributed by atoms with Crippen LogP contribution in [-0.2, 0) is 4.79 Å². The van der Waals surface area contributed by atoms with Crippen molar-refractivity contribution in [2.45, 2.75) is 13.0 Å². The van der Waals surface area contributed by atoms with Crippen molar-refractivity contribution in [3.8, 4) is 0 Å². The Bertz CT molecular complexity index is 1330. The van der Waals surface area contributed by atoms with E-state index in [0.717, 1.165) is 22.8 Å². The Hall–Kier alpha value is -3.56. The van der Waals surface area contributed by atoms with Crippen molar-refractivity contribution in [3.63, 3.8) is 0 Å². The van der Waals surface area contributed by atoms with E-state index in [1.807, 2.05) is 24.0 Å². The number of aromatic nitrogens is 2. The molecular formula is C24H22Cl2N6O3. The molecule has 11 heteroatoms. The molecule has 0 spiro atoms. The van der Waals surface area contributed by atoms with Crippen molar-refractivity contribution >= 4 is 46.3 Å². The fourth-order valence-electron chi connectivity index (χ4n) is 4.60. The number of rotatable bonds is 4. The number of amides is 1. The zero-order valence-corrected chi connectivity index (χ0v) is 20.3. The molecule has 0 bridgehead atoms. The summed E-state index contributed by atoms with van der Waals surface area (Å²) in [6.07, 6.45) is 1.69. The van der Waals surface area contributed by atoms with Gasteiger partial charge in [0.05, 0.1) is 26.7 Å². The van der Waals surface area contributed by atoms with Crippen LogP contribution in [0.5, 0.6) is 0 Å². The number of halogens is 2. The van der Waals surface area contributed by atoms with E-state index in [2.05, 4.69) is 15.3 Å². The van der Waals surface area contributed by atoms with Gasteiger partial charge in [-0.25, -0.2) is 4.68 Å². The second kappa shape index (κ2) is 9.24. The lowest BCUT2D eigenvalue weighted by molar-refractivity contribution is -0.384. The highest BCUT2D eigenvalue weighted by atomic mass is 35.5. The van der Waals surface area contributed by atoms with E-state index in [4.69, 9.17) is 23.2 Å². The molecule has 0 saturated carbocycles. The van der Waals surface area contributed by atoms with Gasteiger partial charge in [-0.15, -0.1) is 0 Å². The summed E-state index contributed by atoms with van der Waals surface area (Å²) >= 11 is 12.5. The Labute approximate surface area is 211 Å². The van der Waals surface area contributed by atoms with Crippen LogP contribution < -0.4 is 10.2 Å². The lowest BCUT2D eigenvalue weighted by atomic mass is 9.94. The molecule has 1 saturated heterocycles. The average molecular weight is 513 g/mol. The molecule has 5 rings (SSSR count). The monoisotopic (exact) mass is 512 g/mol. The third kappa shape index (κ3) is 4.33. The van der Waals surface area contributed by atoms with Crippen molar-refractivity contribution in [2.75, 3.05) is 36.4 Å². The standard InChI is InChI=1S/C24H22Cl2N6O3/c1-15-22(23(31-21(28-15)8-9-27-31)16-2-7-19(25)20(26)14-16)24(33)30-12-10-29(11-13-30)17-3-5-18(6-4-17)32(34)35/h2-9,14,23,28H,10-13H2,1H3. The van der Waals surface area contributed by atoms with E-state index in [1.54, 1.807) is 35.1 Å². The summed E-state index contributed by atoms with van der Waals surface area (Å²) in [5.41, 5.74) is 3.13. The van der Waals surface area contributed by atoms with Gasteiger partial charge in [-0.1, -0.05) is 29.3 Å². The molecule has 1 aromatic heterocycles. The Morgan fingerprint density at radius 2 is 1.77 bits per heavy atom. The molecule has 3 heterocycles. The highest BCUT2D eigenvalue weighted by Gasteiger charge is 2.36. The predicted molar refractivity (Wildman–Crippen MR) is 135 cm³/mol. The van der Waals surface area contributed by atoms with Crippen molar-refractivity contribution in [3.05, 3.63) is 91.7 Å². The minimum absolute atomic E-state index is 0.0566. The van der Waals surface area contributed by atoms with E-state index in [-0.39, 0.29) is 11.6 Å². The lowest BCUT2D eigenvalue weighted by Gasteiger charge is -2.38. The van der Waals surface area contributed by atoms with Gasteiger partial charge in [0.25, 0.3) is 11.6 Å². The van der Waals surface area contributed by atoms with Crippen LogP contribution in [0.4, 0.5) is 17.2 Å². The van der Waals surface area contributed by atoms with E-state index in [9.17, 15) is 14.9 Å². The first-order chi connectivity index (χ1) is 16.8. The number of nitro benzene ring substituents is 1. The molecule has 35 heavy (non-hydrogen) atoms. The van der Waals surface area contributed by atoms with Crippen molar-refractivity contribution in [2.24, 2.45) is 0 Å². The van der Waals surface area contributed by atoms with Gasteiger partial charge in [-0.05, 0) is 36.8 Å². The van der Waals surface area contributed by atoms with Gasteiger partial charge in [0.1, 0.15) is 11.9 Å². The van der Waals surface area contributed by atoms with Crippen LogP contribution in [0.15, 0.2) is 66.0 Å². The summed E-state index contributed by atoms with van der Waals surface area (Å²) < 4.78 is 1.78. The summed E-state index contributed by atoms with van der Waals surface area (Å²) in [4.78, 5) is 28.3. The molecule has 2 aliphatic heterocycles. The lowest BCUT2D eigenvalue weighted by Crippen LogP contribution is -2.50. The number of carbonyl (C=O) groups is 1. The Balaban J connectivity index is 1.38. The third-order valence-electron chi connectivity index (χ3n) is 6.39. The second-order valence-electron chi connectivity index (χ2n) is 8.45. The Morgan fingerprint density at radius 1 is 1.06 bits per heavy atom. The van der Waals surface area contributed by atoms with E-state index < -0.39 is 11.0 Å². The normalized spacial score (nSPS) is 17.7. The van der Waals surface area contributed by atoms with Crippen LogP contribution in [-0.4, -0.2) is 51.7 Å². The van der Waals surface area contributed by atoms with Gasteiger partial charge in [-0.3, -0.25) is 14.9 Å². The summed E-state index contributed by atoms with van der Waals surface area (Å²) in [5, 5.41) is 19.5. The van der Waals surface area contributed by atoms with Gasteiger partial charge in [0.2, 0.25) is 0 Å². The first-order valence-electron chi connectivity index (χ1n) is 11.1. The van der Waals surface area contributed by atoms with Crippen LogP contribution in [0.25, 0.3) is 0 Å². The highest BCUT2D eigenvalue weighted by molar-refractivity contribution is 6.42. The van der Waals surface area contributed by atoms with Gasteiger partial charge in [0, 0.05) is 55.8 Å². The van der Waals surface area contributed by atoms with E-state index >= 15 is 0 Å². The molecule has 1 amide bonds. The summed E-state index contributed by atoms with van der Waals surface area (Å²) in [6.45, 7) is 4.17. The van der Waals surface area contributed by atoms with Crippen molar-refractivity contribution in [1.29, 1.82) is 0 Å². The van der Waals surface area contributed by atoms with Crippen LogP contribution in [0.3, 0.4) is 0 Å². The number of non-ortho nitro benzene ring substituents is 1. The Kier molecular flexibility index (Phi) is 6.12. The molecule has 1 fully saturated rings. The third-order valence-corrected chi connectivity index (χ3v) is 7.13. The molecule has 1 N–H and O–H groups in total. The van der Waals surface area contributed by atoms with E-state index in [0.29, 0.717) is 41.8 Å². The fourth-order valence-corrected chi connectivity index (χ4v) is 4.90. The maximum atomic E-state index is 13.8. The van der Waals surface area contributed by atoms with Crippen molar-refractivity contribution in [1.82, 2.24) is 14.7 Å². The minimum Gasteiger partial charge on any atom is -0.368 e. The number of carbonyl (C=O) groups excluding carboxylic acids is 1. The van der Waals surface area contributed by atoms with Crippen molar-refractivity contribution < 1.29 is 9.72 Å². The molecular weight excluding hydrogens is 491 g/mol. The van der Waals surface area contributed by atoms with Crippen LogP contribution in [0, 0.1) is 10.1 Å². The molecule has 9 nitrogen and oxygen atoms in total. The maximum Gasteiger partial charge on any atom is 0.269 e. The van der Waals surface area contributed by atoms with E-state index in [1.165, 1.54) is 12.1 Å². The minimum atomic E-state index is -0.448.